The lowest BCUT2D eigenvalue weighted by atomic mass is 10.0. The predicted molar refractivity (Wildman–Crippen MR) is 135 cm³/mol. The molecule has 5 rings (SSSR count). The lowest BCUT2D eigenvalue weighted by Crippen LogP contribution is -2.55. The zero-order chi connectivity index (χ0) is 24.5. The first kappa shape index (κ1) is 24.0. The van der Waals surface area contributed by atoms with E-state index in [0.29, 0.717) is 19.0 Å². The number of anilines is 1. The number of aliphatic imine (C=N–C) groups is 1. The van der Waals surface area contributed by atoms with Crippen molar-refractivity contribution >= 4 is 11.7 Å². The van der Waals surface area contributed by atoms with Gasteiger partial charge in [-0.25, -0.2) is 9.98 Å². The van der Waals surface area contributed by atoms with Crippen LogP contribution >= 0.6 is 0 Å². The van der Waals surface area contributed by atoms with Crippen molar-refractivity contribution in [3.8, 4) is 17.0 Å². The van der Waals surface area contributed by atoms with Crippen molar-refractivity contribution in [3.63, 3.8) is 0 Å². The molecule has 1 unspecified atom stereocenters. The van der Waals surface area contributed by atoms with Crippen LogP contribution in [-0.2, 0) is 16.1 Å². The molecule has 0 amide bonds. The third-order valence-corrected chi connectivity index (χ3v) is 6.83. The number of aliphatic hydroxyl groups excluding tert-OH is 1. The number of hydrogen-bond acceptors (Lipinski definition) is 9. The summed E-state index contributed by atoms with van der Waals surface area (Å²) >= 11 is 0. The molecule has 2 N–H and O–H groups in total. The highest BCUT2D eigenvalue weighted by molar-refractivity contribution is 6.04. The molecule has 2 aromatic rings. The minimum absolute atomic E-state index is 0.0958. The lowest BCUT2D eigenvalue weighted by Gasteiger charge is -2.43. The first-order chi connectivity index (χ1) is 17.0. The van der Waals surface area contributed by atoms with Crippen molar-refractivity contribution in [2.24, 2.45) is 4.99 Å². The van der Waals surface area contributed by atoms with E-state index in [4.69, 9.17) is 24.2 Å². The van der Waals surface area contributed by atoms with Gasteiger partial charge in [0.15, 0.2) is 6.29 Å². The van der Waals surface area contributed by atoms with Crippen LogP contribution in [0, 0.1) is 0 Å². The third kappa shape index (κ3) is 4.86. The number of pyridine rings is 1. The molecule has 1 aromatic heterocycles. The first-order valence-electron chi connectivity index (χ1n) is 12.3. The second kappa shape index (κ2) is 10.1. The number of aliphatic hydroxyl groups is 1. The second-order valence-electron chi connectivity index (χ2n) is 9.58. The molecule has 0 saturated carbocycles. The maximum absolute atomic E-state index is 9.78. The Labute approximate surface area is 206 Å². The van der Waals surface area contributed by atoms with Gasteiger partial charge >= 0.3 is 0 Å². The molecule has 3 aliphatic rings. The first-order valence-corrected chi connectivity index (χ1v) is 12.3. The summed E-state index contributed by atoms with van der Waals surface area (Å²) in [5, 5.41) is 13.4. The summed E-state index contributed by atoms with van der Waals surface area (Å²) in [6, 6.07) is 10.1. The van der Waals surface area contributed by atoms with Crippen LogP contribution in [0.4, 0.5) is 5.82 Å². The molecule has 188 valence electrons. The van der Waals surface area contributed by atoms with Crippen LogP contribution in [0.1, 0.15) is 31.9 Å². The highest BCUT2D eigenvalue weighted by Gasteiger charge is 2.34. The number of methoxy groups -OCH3 is 1. The second-order valence-corrected chi connectivity index (χ2v) is 9.58. The summed E-state index contributed by atoms with van der Waals surface area (Å²) in [5.41, 5.74) is 3.47. The summed E-state index contributed by atoms with van der Waals surface area (Å²) in [5.74, 6) is 2.43. The Kier molecular flexibility index (Phi) is 6.93. The molecule has 2 saturated heterocycles. The minimum atomic E-state index is -0.229. The fourth-order valence-electron chi connectivity index (χ4n) is 5.17. The fraction of sp³-hybridized carbons (Fsp3) is 0.538. The zero-order valence-electron chi connectivity index (χ0n) is 20.9. The van der Waals surface area contributed by atoms with Gasteiger partial charge in [0.25, 0.3) is 0 Å². The van der Waals surface area contributed by atoms with Crippen molar-refractivity contribution in [2.45, 2.75) is 51.9 Å². The molecular weight excluding hydrogens is 446 g/mol. The van der Waals surface area contributed by atoms with E-state index in [1.54, 1.807) is 7.11 Å². The van der Waals surface area contributed by atoms with Gasteiger partial charge in [-0.15, -0.1) is 0 Å². The number of benzene rings is 1. The van der Waals surface area contributed by atoms with Crippen LogP contribution in [0.5, 0.6) is 5.75 Å². The van der Waals surface area contributed by atoms with Crippen molar-refractivity contribution in [3.05, 3.63) is 41.5 Å². The standard InChI is InChI=1S/C26H35N5O4/c1-16-15-34-10-9-31(16)25-21-6-7-22(19-5-8-23(33-4)20(11-19)14-32)27-24(21)28-26(29-25)30-12-17(2)35-18(3)13-30/h5-8,11,16-18,26,32H,9-10,12-15H2,1-4H3,(H,27,28)/t16-,17-,18+,26?/m0/s1. The molecule has 0 radical (unpaired) electrons. The smallest absolute Gasteiger partial charge is 0.179 e. The molecule has 0 spiro atoms. The van der Waals surface area contributed by atoms with Crippen LogP contribution in [0.15, 0.2) is 35.3 Å². The quantitative estimate of drug-likeness (QED) is 0.689. The van der Waals surface area contributed by atoms with Gasteiger partial charge in [-0.3, -0.25) is 4.90 Å². The van der Waals surface area contributed by atoms with Gasteiger partial charge in [-0.05, 0) is 51.1 Å². The topological polar surface area (TPSA) is 91.7 Å². The Morgan fingerprint density at radius 3 is 2.66 bits per heavy atom. The van der Waals surface area contributed by atoms with Crippen molar-refractivity contribution < 1.29 is 19.3 Å². The molecule has 0 aliphatic carbocycles. The molecule has 3 aliphatic heterocycles. The van der Waals surface area contributed by atoms with Gasteiger partial charge in [-0.2, -0.15) is 0 Å². The Morgan fingerprint density at radius 1 is 1.14 bits per heavy atom. The number of nitrogens with zero attached hydrogens (tertiary/aromatic N) is 4. The van der Waals surface area contributed by atoms with Crippen LogP contribution in [0.25, 0.3) is 11.3 Å². The maximum Gasteiger partial charge on any atom is 0.179 e. The molecule has 1 aromatic carbocycles. The molecule has 4 atom stereocenters. The Hall–Kier alpha value is -2.72. The van der Waals surface area contributed by atoms with Crippen molar-refractivity contribution in [1.82, 2.24) is 14.8 Å². The highest BCUT2D eigenvalue weighted by atomic mass is 16.5. The average Bonchev–Trinajstić information content (AvgIpc) is 2.87. The molecule has 2 fully saturated rings. The average molecular weight is 482 g/mol. The Balaban J connectivity index is 1.53. The largest absolute Gasteiger partial charge is 0.496 e. The normalized spacial score (nSPS) is 27.1. The SMILES string of the molecule is COc1ccc(-c2ccc3c(n2)NC(N2C[C@@H](C)O[C@@H](C)C2)N=C3N2CCOC[C@@H]2C)cc1CO. The summed E-state index contributed by atoms with van der Waals surface area (Å²) in [4.78, 5) is 14.9. The fourth-order valence-corrected chi connectivity index (χ4v) is 5.17. The lowest BCUT2D eigenvalue weighted by molar-refractivity contribution is -0.0767. The molecule has 9 nitrogen and oxygen atoms in total. The van der Waals surface area contributed by atoms with Gasteiger partial charge in [0.05, 0.1) is 56.4 Å². The van der Waals surface area contributed by atoms with E-state index in [2.05, 4.69) is 42.0 Å². The molecule has 0 bridgehead atoms. The van der Waals surface area contributed by atoms with Crippen molar-refractivity contribution in [1.29, 1.82) is 0 Å². The Morgan fingerprint density at radius 2 is 1.94 bits per heavy atom. The minimum Gasteiger partial charge on any atom is -0.496 e. The van der Waals surface area contributed by atoms with E-state index in [1.807, 2.05) is 24.3 Å². The number of amidine groups is 1. The van der Waals surface area contributed by atoms with Crippen LogP contribution in [0.3, 0.4) is 0 Å². The van der Waals surface area contributed by atoms with Crippen LogP contribution < -0.4 is 10.1 Å². The van der Waals surface area contributed by atoms with Crippen LogP contribution in [0.2, 0.25) is 0 Å². The number of morpholine rings is 2. The highest BCUT2D eigenvalue weighted by Crippen LogP contribution is 2.31. The molecular formula is C26H35N5O4. The number of aromatic nitrogens is 1. The van der Waals surface area contributed by atoms with Gasteiger partial charge in [0.2, 0.25) is 0 Å². The third-order valence-electron chi connectivity index (χ3n) is 6.83. The van der Waals surface area contributed by atoms with Gasteiger partial charge < -0.3 is 29.5 Å². The Bertz CT molecular complexity index is 1080. The van der Waals surface area contributed by atoms with Gasteiger partial charge in [0.1, 0.15) is 17.4 Å². The summed E-state index contributed by atoms with van der Waals surface area (Å²) in [6.45, 7) is 10.0. The maximum atomic E-state index is 9.78. The number of hydrogen-bond donors (Lipinski definition) is 2. The summed E-state index contributed by atoms with van der Waals surface area (Å²) in [7, 11) is 1.61. The zero-order valence-corrected chi connectivity index (χ0v) is 20.9. The predicted octanol–water partition coefficient (Wildman–Crippen LogP) is 2.54. The van der Waals surface area contributed by atoms with E-state index in [-0.39, 0.29) is 31.1 Å². The summed E-state index contributed by atoms with van der Waals surface area (Å²) < 4.78 is 17.0. The molecule has 9 heteroatoms. The number of rotatable bonds is 4. The summed E-state index contributed by atoms with van der Waals surface area (Å²) in [6.07, 6.45) is 0.0461. The molecule has 35 heavy (non-hydrogen) atoms. The van der Waals surface area contributed by atoms with Gasteiger partial charge in [-0.1, -0.05) is 0 Å². The van der Waals surface area contributed by atoms with E-state index >= 15 is 0 Å². The molecule has 4 heterocycles. The number of ether oxygens (including phenoxy) is 3. The van der Waals surface area contributed by atoms with E-state index < -0.39 is 0 Å². The van der Waals surface area contributed by atoms with Gasteiger partial charge in [0, 0.05) is 30.8 Å². The van der Waals surface area contributed by atoms with E-state index in [0.717, 1.165) is 53.7 Å². The van der Waals surface area contributed by atoms with E-state index in [9.17, 15) is 5.11 Å². The van der Waals surface area contributed by atoms with Crippen molar-refractivity contribution in [2.75, 3.05) is 45.3 Å². The number of nitrogens with one attached hydrogen (secondary N) is 1. The van der Waals surface area contributed by atoms with Crippen LogP contribution in [-0.4, -0.2) is 90.2 Å². The monoisotopic (exact) mass is 481 g/mol. The van der Waals surface area contributed by atoms with E-state index in [1.165, 1.54) is 0 Å². The number of fused-ring (bicyclic) bond motifs is 1.